The van der Waals surface area contributed by atoms with Gasteiger partial charge < -0.3 is 10.0 Å². The van der Waals surface area contributed by atoms with Crippen LogP contribution in [0, 0.1) is 5.82 Å². The molecule has 0 spiro atoms. The number of quaternary nitrogens is 1. The average molecular weight is 511 g/mol. The molecule has 0 bridgehead atoms. The second kappa shape index (κ2) is 9.92. The Bertz CT molecular complexity index is 1380. The summed E-state index contributed by atoms with van der Waals surface area (Å²) in [4.78, 5) is 27.2. The summed E-state index contributed by atoms with van der Waals surface area (Å²) in [5, 5.41) is 12.4. The van der Waals surface area contributed by atoms with Gasteiger partial charge in [0, 0.05) is 37.3 Å². The maximum atomic E-state index is 14.9. The monoisotopic (exact) mass is 510 g/mol. The van der Waals surface area contributed by atoms with Crippen molar-refractivity contribution >= 4 is 44.2 Å². The number of hydrogen-bond acceptors (Lipinski definition) is 7. The van der Waals surface area contributed by atoms with Crippen LogP contribution in [0.1, 0.15) is 18.9 Å². The number of aryl methyl sites for hydroxylation is 1. The van der Waals surface area contributed by atoms with E-state index in [-0.39, 0.29) is 24.5 Å². The Morgan fingerprint density at radius 3 is 2.94 bits per heavy atom. The van der Waals surface area contributed by atoms with E-state index in [1.165, 1.54) is 28.3 Å². The van der Waals surface area contributed by atoms with Crippen LogP contribution in [0.2, 0.25) is 0 Å². The quantitative estimate of drug-likeness (QED) is 0.382. The number of piperazine rings is 1. The fraction of sp³-hybridized carbons (Fsp3) is 0.360. The number of amides is 1. The van der Waals surface area contributed by atoms with Gasteiger partial charge in [0.1, 0.15) is 25.1 Å². The van der Waals surface area contributed by atoms with Crippen molar-refractivity contribution in [3.63, 3.8) is 0 Å². The van der Waals surface area contributed by atoms with Crippen LogP contribution in [0.15, 0.2) is 49.2 Å². The van der Waals surface area contributed by atoms with E-state index in [4.69, 9.17) is 5.11 Å². The number of carbonyl (C=O) groups excluding carboxylic acids is 1. The van der Waals surface area contributed by atoms with Gasteiger partial charge in [-0.1, -0.05) is 11.3 Å². The SMILES string of the molecule is CC1C[N+](C)(c2ccc3nc(NC(=O)n4ccnc4)sc3c2)CCN1c1ncc(CCCO)cc1F. The van der Waals surface area contributed by atoms with E-state index in [0.717, 1.165) is 34.6 Å². The van der Waals surface area contributed by atoms with Gasteiger partial charge in [0.05, 0.1) is 29.9 Å². The van der Waals surface area contributed by atoms with Crippen LogP contribution in [0.3, 0.4) is 0 Å². The lowest BCUT2D eigenvalue weighted by Crippen LogP contribution is -2.62. The molecular weight excluding hydrogens is 481 g/mol. The summed E-state index contributed by atoms with van der Waals surface area (Å²) < 4.78 is 18.0. The predicted molar refractivity (Wildman–Crippen MR) is 140 cm³/mol. The Morgan fingerprint density at radius 1 is 1.36 bits per heavy atom. The van der Waals surface area contributed by atoms with E-state index in [0.29, 0.717) is 34.8 Å². The van der Waals surface area contributed by atoms with Crippen molar-refractivity contribution in [2.75, 3.05) is 43.5 Å². The third-order valence-corrected chi connectivity index (χ3v) is 7.69. The topological polar surface area (TPSA) is 96.2 Å². The van der Waals surface area contributed by atoms with Crippen LogP contribution in [0.5, 0.6) is 0 Å². The molecule has 1 fully saturated rings. The molecule has 36 heavy (non-hydrogen) atoms. The van der Waals surface area contributed by atoms with Crippen LogP contribution in [0.4, 0.5) is 25.8 Å². The van der Waals surface area contributed by atoms with Gasteiger partial charge in [0.25, 0.3) is 0 Å². The van der Waals surface area contributed by atoms with Crippen LogP contribution < -0.4 is 14.7 Å². The molecule has 2 unspecified atom stereocenters. The van der Waals surface area contributed by atoms with E-state index in [9.17, 15) is 9.18 Å². The number of halogens is 1. The second-order valence-corrected chi connectivity index (χ2v) is 10.4. The van der Waals surface area contributed by atoms with E-state index < -0.39 is 0 Å². The number of benzene rings is 1. The molecule has 0 saturated carbocycles. The summed E-state index contributed by atoms with van der Waals surface area (Å²) in [7, 11) is 2.19. The molecule has 4 aromatic rings. The number of rotatable bonds is 6. The first-order valence-corrected chi connectivity index (χ1v) is 12.7. The fourth-order valence-electron chi connectivity index (χ4n) is 4.81. The van der Waals surface area contributed by atoms with Crippen molar-refractivity contribution < 1.29 is 14.3 Å². The summed E-state index contributed by atoms with van der Waals surface area (Å²) in [6.45, 7) is 4.45. The molecule has 2 atom stereocenters. The van der Waals surface area contributed by atoms with Crippen LogP contribution in [0.25, 0.3) is 10.2 Å². The number of aliphatic hydroxyl groups is 1. The zero-order chi connectivity index (χ0) is 25.3. The van der Waals surface area contributed by atoms with Crippen molar-refractivity contribution in [3.05, 3.63) is 60.6 Å². The second-order valence-electron chi connectivity index (χ2n) is 9.39. The summed E-state index contributed by atoms with van der Waals surface area (Å²) in [5.41, 5.74) is 2.78. The Kier molecular flexibility index (Phi) is 6.69. The molecule has 1 aromatic carbocycles. The highest BCUT2D eigenvalue weighted by Crippen LogP contribution is 2.34. The van der Waals surface area contributed by atoms with Crippen LogP contribution in [-0.2, 0) is 6.42 Å². The number of nitrogens with one attached hydrogen (secondary N) is 1. The summed E-state index contributed by atoms with van der Waals surface area (Å²) >= 11 is 1.43. The van der Waals surface area contributed by atoms with Gasteiger partial charge in [-0.25, -0.2) is 24.1 Å². The molecule has 0 radical (unpaired) electrons. The Morgan fingerprint density at radius 2 is 2.22 bits per heavy atom. The van der Waals surface area contributed by atoms with Crippen molar-refractivity contribution in [3.8, 4) is 0 Å². The van der Waals surface area contributed by atoms with Gasteiger partial charge in [0.15, 0.2) is 16.8 Å². The number of pyridine rings is 1. The highest BCUT2D eigenvalue weighted by atomic mass is 32.1. The lowest BCUT2D eigenvalue weighted by atomic mass is 10.1. The highest BCUT2D eigenvalue weighted by molar-refractivity contribution is 7.22. The third kappa shape index (κ3) is 4.81. The number of fused-ring (bicyclic) bond motifs is 1. The first-order chi connectivity index (χ1) is 17.4. The Hall–Kier alpha value is -3.41. The molecule has 1 saturated heterocycles. The molecule has 1 amide bonds. The van der Waals surface area contributed by atoms with Crippen molar-refractivity contribution in [2.45, 2.75) is 25.8 Å². The van der Waals surface area contributed by atoms with Gasteiger partial charge in [-0.3, -0.25) is 14.4 Å². The molecule has 188 valence electrons. The minimum atomic E-state index is -0.315. The standard InChI is InChI=1S/C25H28FN7O2S/c1-17-15-33(2,10-9-32(17)23-20(26)12-18(14-28-23)4-3-11-34)19-5-6-21-22(13-19)36-24(29-21)30-25(35)31-8-7-27-16-31/h5-8,12-14,16-17,34H,3-4,9-11,15H2,1-2H3/p+1. The molecule has 1 aliphatic rings. The summed E-state index contributed by atoms with van der Waals surface area (Å²) in [5.74, 6) is 0.0717. The van der Waals surface area contributed by atoms with E-state index in [1.807, 2.05) is 11.0 Å². The number of aromatic nitrogens is 4. The zero-order valence-electron chi connectivity index (χ0n) is 20.3. The molecule has 11 heteroatoms. The van der Waals surface area contributed by atoms with Gasteiger partial charge in [-0.15, -0.1) is 0 Å². The number of imidazole rings is 1. The molecule has 1 aliphatic heterocycles. The molecule has 3 aromatic heterocycles. The minimum absolute atomic E-state index is 0.0798. The molecular formula is C25H29FN7O2S+. The smallest absolute Gasteiger partial charge is 0.333 e. The van der Waals surface area contributed by atoms with E-state index in [2.05, 4.69) is 46.4 Å². The lowest BCUT2D eigenvalue weighted by molar-refractivity contribution is 0.253. The van der Waals surface area contributed by atoms with E-state index >= 15 is 0 Å². The molecule has 2 N–H and O–H groups in total. The van der Waals surface area contributed by atoms with Crippen LogP contribution in [-0.4, -0.2) is 70.0 Å². The number of aliphatic hydroxyl groups excluding tert-OH is 1. The number of carbonyl (C=O) groups is 1. The predicted octanol–water partition coefficient (Wildman–Crippen LogP) is 3.88. The molecule has 9 nitrogen and oxygen atoms in total. The number of thiazole rings is 1. The number of hydrogen-bond donors (Lipinski definition) is 2. The van der Waals surface area contributed by atoms with Gasteiger partial charge in [0.2, 0.25) is 0 Å². The summed E-state index contributed by atoms with van der Waals surface area (Å²) in [6, 6.07) is 7.52. The number of anilines is 2. The van der Waals surface area contributed by atoms with Gasteiger partial charge >= 0.3 is 6.03 Å². The lowest BCUT2D eigenvalue weighted by Gasteiger charge is -2.45. The Balaban J connectivity index is 1.31. The van der Waals surface area contributed by atoms with Crippen LogP contribution >= 0.6 is 11.3 Å². The maximum absolute atomic E-state index is 14.9. The maximum Gasteiger partial charge on any atom is 0.333 e. The molecule has 5 rings (SSSR count). The number of nitrogens with zero attached hydrogens (tertiary/aromatic N) is 6. The highest BCUT2D eigenvalue weighted by Gasteiger charge is 2.37. The molecule has 4 heterocycles. The van der Waals surface area contributed by atoms with E-state index in [1.54, 1.807) is 18.6 Å². The first kappa shape index (κ1) is 24.3. The van der Waals surface area contributed by atoms with Gasteiger partial charge in [-0.2, -0.15) is 0 Å². The van der Waals surface area contributed by atoms with Crippen molar-refractivity contribution in [1.82, 2.24) is 24.0 Å². The summed E-state index contributed by atoms with van der Waals surface area (Å²) in [6.07, 6.45) is 7.50. The third-order valence-electron chi connectivity index (χ3n) is 6.76. The number of likely N-dealkylation sites (N-methyl/N-ethyl adjacent to an activating group) is 1. The largest absolute Gasteiger partial charge is 0.396 e. The zero-order valence-corrected chi connectivity index (χ0v) is 21.1. The fourth-order valence-corrected chi connectivity index (χ4v) is 5.70. The Labute approximate surface area is 212 Å². The average Bonchev–Trinajstić information content (AvgIpc) is 3.53. The normalized spacial score (nSPS) is 20.1. The van der Waals surface area contributed by atoms with Crippen molar-refractivity contribution in [1.29, 1.82) is 0 Å². The first-order valence-electron chi connectivity index (χ1n) is 11.9. The molecule has 0 aliphatic carbocycles. The minimum Gasteiger partial charge on any atom is -0.396 e. The van der Waals surface area contributed by atoms with Crippen molar-refractivity contribution in [2.24, 2.45) is 0 Å². The van der Waals surface area contributed by atoms with Gasteiger partial charge in [-0.05, 0) is 37.5 Å².